The van der Waals surface area contributed by atoms with Crippen molar-refractivity contribution in [2.75, 3.05) is 20.3 Å². The molecule has 2 aliphatic heterocycles. The van der Waals surface area contributed by atoms with Gasteiger partial charge in [0, 0.05) is 25.6 Å². The van der Waals surface area contributed by atoms with Gasteiger partial charge in [-0.25, -0.2) is 0 Å². The molecule has 2 aromatic rings. The third-order valence-electron chi connectivity index (χ3n) is 5.51. The predicted molar refractivity (Wildman–Crippen MR) is 118 cm³/mol. The Morgan fingerprint density at radius 3 is 2.68 bits per heavy atom. The number of halogens is 2. The van der Waals surface area contributed by atoms with Gasteiger partial charge in [0.2, 0.25) is 0 Å². The van der Waals surface area contributed by atoms with Crippen LogP contribution in [0.3, 0.4) is 0 Å². The van der Waals surface area contributed by atoms with Crippen molar-refractivity contribution in [3.63, 3.8) is 0 Å². The first-order chi connectivity index (χ1) is 14.8. The number of aliphatic hydroxyl groups is 1. The summed E-state index contributed by atoms with van der Waals surface area (Å²) >= 11 is 12.3. The highest BCUT2D eigenvalue weighted by atomic mass is 35.5. The largest absolute Gasteiger partial charge is 0.507 e. The zero-order valence-electron chi connectivity index (χ0n) is 17.0. The second-order valence-corrected chi connectivity index (χ2v) is 8.43. The highest BCUT2D eigenvalue weighted by molar-refractivity contribution is 6.46. The van der Waals surface area contributed by atoms with Crippen LogP contribution in [-0.4, -0.2) is 48.1 Å². The summed E-state index contributed by atoms with van der Waals surface area (Å²) in [5, 5.41) is 11.8. The van der Waals surface area contributed by atoms with Gasteiger partial charge in [-0.15, -0.1) is 0 Å². The molecule has 0 aromatic heterocycles. The van der Waals surface area contributed by atoms with Crippen LogP contribution in [0.2, 0.25) is 10.0 Å². The Labute approximate surface area is 190 Å². The molecule has 0 radical (unpaired) electrons. The van der Waals surface area contributed by atoms with Crippen molar-refractivity contribution in [1.82, 2.24) is 4.90 Å². The zero-order valence-corrected chi connectivity index (χ0v) is 18.5. The molecule has 0 saturated carbocycles. The number of Topliss-reactive ketones (excluding diaryl/α,β-unsaturated/α-hetero) is 1. The third kappa shape index (κ3) is 3.91. The van der Waals surface area contributed by atoms with Gasteiger partial charge in [-0.1, -0.05) is 29.3 Å². The molecule has 8 heteroatoms. The summed E-state index contributed by atoms with van der Waals surface area (Å²) in [5.74, 6) is -0.940. The Morgan fingerprint density at radius 1 is 1.19 bits per heavy atom. The average Bonchev–Trinajstić information content (AvgIpc) is 3.24. The number of aliphatic hydroxyl groups excluding tert-OH is 1. The van der Waals surface area contributed by atoms with Gasteiger partial charge >= 0.3 is 0 Å². The normalized spacial score (nSPS) is 22.0. The molecular weight excluding hydrogens is 441 g/mol. The number of fused-ring (bicyclic) bond motifs is 1. The number of amides is 1. The molecule has 162 valence electrons. The summed E-state index contributed by atoms with van der Waals surface area (Å²) in [6.45, 7) is 2.38. The number of carbonyl (C=O) groups is 2. The standard InChI is InChI=1S/C23H21Cl2NO5/c1-12-9-15-10-14(4-6-18(15)31-12)21(27)19-20(13-3-5-16(24)17(25)11-13)26(7-8-30-2)23(29)22(19)28/h3-6,10-12,20,27H,7-9H2,1-2H3/b21-19+. The summed E-state index contributed by atoms with van der Waals surface area (Å²) in [6, 6.07) is 9.33. The van der Waals surface area contributed by atoms with E-state index in [9.17, 15) is 14.7 Å². The van der Waals surface area contributed by atoms with E-state index in [-0.39, 0.29) is 30.6 Å². The number of ether oxygens (including phenoxy) is 2. The van der Waals surface area contributed by atoms with E-state index >= 15 is 0 Å². The highest BCUT2D eigenvalue weighted by Gasteiger charge is 2.46. The Morgan fingerprint density at radius 2 is 1.97 bits per heavy atom. The van der Waals surface area contributed by atoms with E-state index in [0.717, 1.165) is 11.3 Å². The van der Waals surface area contributed by atoms with Crippen LogP contribution in [0.25, 0.3) is 5.76 Å². The van der Waals surface area contributed by atoms with E-state index < -0.39 is 17.7 Å². The average molecular weight is 462 g/mol. The topological polar surface area (TPSA) is 76.1 Å². The predicted octanol–water partition coefficient (Wildman–Crippen LogP) is 4.38. The summed E-state index contributed by atoms with van der Waals surface area (Å²) in [6.07, 6.45) is 0.748. The summed E-state index contributed by atoms with van der Waals surface area (Å²) in [4.78, 5) is 27.2. The number of likely N-dealkylation sites (tertiary alicyclic amines) is 1. The van der Waals surface area contributed by atoms with Gasteiger partial charge in [-0.3, -0.25) is 9.59 Å². The number of ketones is 1. The molecule has 0 spiro atoms. The Balaban J connectivity index is 1.84. The smallest absolute Gasteiger partial charge is 0.295 e. The number of hydrogen-bond acceptors (Lipinski definition) is 5. The van der Waals surface area contributed by atoms with Gasteiger partial charge in [-0.2, -0.15) is 0 Å². The Kier molecular flexibility index (Phi) is 5.97. The molecular formula is C23H21Cl2NO5. The first kappa shape index (κ1) is 21.7. The molecule has 2 heterocycles. The molecule has 1 amide bonds. The molecule has 2 aromatic carbocycles. The van der Waals surface area contributed by atoms with Crippen LogP contribution < -0.4 is 4.74 Å². The Bertz CT molecular complexity index is 1100. The minimum absolute atomic E-state index is 0.00593. The first-order valence-electron chi connectivity index (χ1n) is 9.84. The Hall–Kier alpha value is -2.54. The summed E-state index contributed by atoms with van der Waals surface area (Å²) in [7, 11) is 1.51. The van der Waals surface area contributed by atoms with Gasteiger partial charge < -0.3 is 19.5 Å². The van der Waals surface area contributed by atoms with Crippen molar-refractivity contribution in [3.8, 4) is 5.75 Å². The third-order valence-corrected chi connectivity index (χ3v) is 6.24. The van der Waals surface area contributed by atoms with Crippen LogP contribution in [0, 0.1) is 0 Å². The molecule has 4 rings (SSSR count). The number of methoxy groups -OCH3 is 1. The van der Waals surface area contributed by atoms with Crippen LogP contribution in [0.1, 0.15) is 29.7 Å². The van der Waals surface area contributed by atoms with Crippen LogP contribution in [-0.2, 0) is 20.7 Å². The lowest BCUT2D eigenvalue weighted by Crippen LogP contribution is -2.32. The van der Waals surface area contributed by atoms with Gasteiger partial charge in [-0.05, 0) is 48.4 Å². The van der Waals surface area contributed by atoms with Crippen molar-refractivity contribution in [2.45, 2.75) is 25.5 Å². The maximum Gasteiger partial charge on any atom is 0.295 e. The first-order valence-corrected chi connectivity index (χ1v) is 10.6. The van der Waals surface area contributed by atoms with Gasteiger partial charge in [0.15, 0.2) is 0 Å². The fourth-order valence-electron chi connectivity index (χ4n) is 4.05. The SMILES string of the molecule is COCCN1C(=O)C(=O)/C(=C(/O)c2ccc3c(c2)CC(C)O3)C1c1ccc(Cl)c(Cl)c1. The van der Waals surface area contributed by atoms with E-state index in [1.54, 1.807) is 36.4 Å². The lowest BCUT2D eigenvalue weighted by atomic mass is 9.94. The van der Waals surface area contributed by atoms with E-state index in [2.05, 4.69) is 0 Å². The van der Waals surface area contributed by atoms with Gasteiger partial charge in [0.1, 0.15) is 17.6 Å². The van der Waals surface area contributed by atoms with Gasteiger partial charge in [0.25, 0.3) is 11.7 Å². The maximum absolute atomic E-state index is 13.0. The van der Waals surface area contributed by atoms with Crippen LogP contribution in [0.4, 0.5) is 0 Å². The number of benzene rings is 2. The van der Waals surface area contributed by atoms with Crippen molar-refractivity contribution in [3.05, 3.63) is 68.7 Å². The number of rotatable bonds is 5. The molecule has 1 saturated heterocycles. The van der Waals surface area contributed by atoms with Crippen molar-refractivity contribution in [1.29, 1.82) is 0 Å². The molecule has 2 unspecified atom stereocenters. The van der Waals surface area contributed by atoms with Crippen LogP contribution in [0.5, 0.6) is 5.75 Å². The summed E-state index contributed by atoms with van der Waals surface area (Å²) < 4.78 is 10.8. The molecule has 0 aliphatic carbocycles. The number of carbonyl (C=O) groups excluding carboxylic acids is 2. The maximum atomic E-state index is 13.0. The van der Waals surface area contributed by atoms with Gasteiger partial charge in [0.05, 0.1) is 28.3 Å². The van der Waals surface area contributed by atoms with Crippen molar-refractivity contribution in [2.24, 2.45) is 0 Å². The molecule has 2 aliphatic rings. The zero-order chi connectivity index (χ0) is 22.3. The quantitative estimate of drug-likeness (QED) is 0.406. The highest BCUT2D eigenvalue weighted by Crippen LogP contribution is 2.41. The monoisotopic (exact) mass is 461 g/mol. The minimum Gasteiger partial charge on any atom is -0.507 e. The number of nitrogens with zero attached hydrogens (tertiary/aromatic N) is 1. The molecule has 2 atom stereocenters. The number of hydrogen-bond donors (Lipinski definition) is 1. The van der Waals surface area contributed by atoms with Crippen molar-refractivity contribution < 1.29 is 24.2 Å². The minimum atomic E-state index is -0.812. The molecule has 1 N–H and O–H groups in total. The fraction of sp³-hybridized carbons (Fsp3) is 0.304. The molecule has 31 heavy (non-hydrogen) atoms. The van der Waals surface area contributed by atoms with E-state index in [1.807, 2.05) is 6.92 Å². The van der Waals surface area contributed by atoms with E-state index in [4.69, 9.17) is 32.7 Å². The van der Waals surface area contributed by atoms with Crippen molar-refractivity contribution >= 4 is 40.7 Å². The van der Waals surface area contributed by atoms with E-state index in [0.29, 0.717) is 27.6 Å². The second-order valence-electron chi connectivity index (χ2n) is 7.61. The molecule has 6 nitrogen and oxygen atoms in total. The summed E-state index contributed by atoms with van der Waals surface area (Å²) in [5.41, 5.74) is 1.97. The molecule has 1 fully saturated rings. The second kappa shape index (κ2) is 8.54. The molecule has 0 bridgehead atoms. The van der Waals surface area contributed by atoms with E-state index in [1.165, 1.54) is 12.0 Å². The lowest BCUT2D eigenvalue weighted by Gasteiger charge is -2.25. The van der Waals surface area contributed by atoms with Crippen LogP contribution >= 0.6 is 23.2 Å². The van der Waals surface area contributed by atoms with Crippen LogP contribution in [0.15, 0.2) is 42.0 Å². The lowest BCUT2D eigenvalue weighted by molar-refractivity contribution is -0.140. The fourth-order valence-corrected chi connectivity index (χ4v) is 4.36.